The molecule has 0 amide bonds. The van der Waals surface area contributed by atoms with Gasteiger partial charge in [-0.15, -0.1) is 0 Å². The summed E-state index contributed by atoms with van der Waals surface area (Å²) in [6, 6.07) is 0. The van der Waals surface area contributed by atoms with Crippen molar-refractivity contribution in [2.45, 2.75) is 26.3 Å². The first-order valence-electron chi connectivity index (χ1n) is 5.04. The molecule has 3 heteroatoms. The van der Waals surface area contributed by atoms with Crippen LogP contribution in [0, 0.1) is 6.92 Å². The first-order chi connectivity index (χ1) is 6.74. The molecule has 0 aliphatic carbocycles. The molecule has 3 nitrogen and oxygen atoms in total. The molecule has 1 fully saturated rings. The van der Waals surface area contributed by atoms with Crippen molar-refractivity contribution in [1.82, 2.24) is 9.88 Å². The summed E-state index contributed by atoms with van der Waals surface area (Å²) in [7, 11) is 0. The van der Waals surface area contributed by atoms with Gasteiger partial charge in [0.25, 0.3) is 0 Å². The molecule has 2 heterocycles. The molecule has 14 heavy (non-hydrogen) atoms. The molecule has 76 valence electrons. The highest BCUT2D eigenvalue weighted by Gasteiger charge is 2.14. The lowest BCUT2D eigenvalue weighted by atomic mass is 10.1. The number of hydrogen-bond donors (Lipinski definition) is 0. The van der Waals surface area contributed by atoms with Gasteiger partial charge in [0.15, 0.2) is 5.89 Å². The minimum Gasteiger partial charge on any atom is -0.449 e. The summed E-state index contributed by atoms with van der Waals surface area (Å²) in [6.07, 6.45) is 4.14. The summed E-state index contributed by atoms with van der Waals surface area (Å²) in [4.78, 5) is 6.66. The van der Waals surface area contributed by atoms with E-state index in [1.165, 1.54) is 18.4 Å². The van der Waals surface area contributed by atoms with Crippen LogP contribution in [0.5, 0.6) is 0 Å². The maximum absolute atomic E-state index is 5.17. The Labute approximate surface area is 84.4 Å². The number of aromatic nitrogens is 1. The van der Waals surface area contributed by atoms with Gasteiger partial charge >= 0.3 is 0 Å². The minimum atomic E-state index is 0.746. The summed E-state index contributed by atoms with van der Waals surface area (Å²) < 4.78 is 5.17. The van der Waals surface area contributed by atoms with Crippen LogP contribution in [-0.4, -0.2) is 23.0 Å². The molecule has 0 aromatic carbocycles. The zero-order chi connectivity index (χ0) is 9.97. The molecule has 1 aromatic heterocycles. The Morgan fingerprint density at radius 3 is 3.14 bits per heavy atom. The van der Waals surface area contributed by atoms with E-state index in [4.69, 9.17) is 4.42 Å². The van der Waals surface area contributed by atoms with Crippen molar-refractivity contribution in [2.24, 2.45) is 0 Å². The summed E-state index contributed by atoms with van der Waals surface area (Å²) in [5.41, 5.74) is 2.36. The fourth-order valence-electron chi connectivity index (χ4n) is 1.87. The number of oxazole rings is 1. The van der Waals surface area contributed by atoms with E-state index in [0.717, 1.165) is 31.2 Å². The molecule has 0 radical (unpaired) electrons. The second-order valence-corrected chi connectivity index (χ2v) is 3.92. The van der Waals surface area contributed by atoms with E-state index in [1.807, 2.05) is 6.92 Å². The first-order valence-corrected chi connectivity index (χ1v) is 5.04. The predicted octanol–water partition coefficient (Wildman–Crippen LogP) is 2.14. The first kappa shape index (κ1) is 9.46. The van der Waals surface area contributed by atoms with Crippen LogP contribution in [-0.2, 0) is 6.54 Å². The number of hydrogen-bond acceptors (Lipinski definition) is 3. The van der Waals surface area contributed by atoms with Crippen LogP contribution >= 0.6 is 0 Å². The van der Waals surface area contributed by atoms with E-state index in [9.17, 15) is 0 Å². The molecule has 1 aromatic rings. The van der Waals surface area contributed by atoms with Crippen molar-refractivity contribution in [3.8, 4) is 0 Å². The lowest BCUT2D eigenvalue weighted by Crippen LogP contribution is -2.30. The van der Waals surface area contributed by atoms with Crippen molar-refractivity contribution in [2.75, 3.05) is 13.1 Å². The Hall–Kier alpha value is -1.09. The van der Waals surface area contributed by atoms with Crippen LogP contribution in [0.1, 0.15) is 24.4 Å². The van der Waals surface area contributed by atoms with Crippen LogP contribution in [0.2, 0.25) is 0 Å². The van der Waals surface area contributed by atoms with Gasteiger partial charge in [-0.3, -0.25) is 4.90 Å². The highest BCUT2D eigenvalue weighted by Crippen LogP contribution is 2.15. The fraction of sp³-hybridized carbons (Fsp3) is 0.545. The SMILES string of the molecule is C=C1CCCN(Cc2coc(C)n2)C1. The third kappa shape index (κ3) is 2.23. The van der Waals surface area contributed by atoms with Crippen molar-refractivity contribution in [3.05, 3.63) is 30.0 Å². The smallest absolute Gasteiger partial charge is 0.191 e. The van der Waals surface area contributed by atoms with Crippen molar-refractivity contribution < 1.29 is 4.42 Å². The largest absolute Gasteiger partial charge is 0.449 e. The molecule has 1 aliphatic rings. The minimum absolute atomic E-state index is 0.746. The molecule has 0 atom stereocenters. The Bertz CT molecular complexity index is 330. The van der Waals surface area contributed by atoms with Crippen LogP contribution < -0.4 is 0 Å². The van der Waals surface area contributed by atoms with Crippen LogP contribution in [0.15, 0.2) is 22.8 Å². The quantitative estimate of drug-likeness (QED) is 0.672. The Balaban J connectivity index is 1.93. The van der Waals surface area contributed by atoms with E-state index < -0.39 is 0 Å². The van der Waals surface area contributed by atoms with Crippen molar-refractivity contribution in [1.29, 1.82) is 0 Å². The second-order valence-electron chi connectivity index (χ2n) is 3.92. The predicted molar refractivity (Wildman–Crippen MR) is 54.9 cm³/mol. The monoisotopic (exact) mass is 192 g/mol. The number of aryl methyl sites for hydroxylation is 1. The lowest BCUT2D eigenvalue weighted by Gasteiger charge is -2.26. The molecular weight excluding hydrogens is 176 g/mol. The highest BCUT2D eigenvalue weighted by atomic mass is 16.3. The standard InChI is InChI=1S/C11H16N2O/c1-9-4-3-5-13(6-9)7-11-8-14-10(2)12-11/h8H,1,3-7H2,2H3. The Kier molecular flexibility index (Phi) is 2.68. The molecule has 2 rings (SSSR count). The summed E-state index contributed by atoms with van der Waals surface area (Å²) in [5.74, 6) is 0.746. The number of likely N-dealkylation sites (tertiary alicyclic amines) is 1. The summed E-state index contributed by atoms with van der Waals surface area (Å²) in [5, 5.41) is 0. The van der Waals surface area contributed by atoms with Crippen molar-refractivity contribution >= 4 is 0 Å². The van der Waals surface area contributed by atoms with Crippen LogP contribution in [0.3, 0.4) is 0 Å². The zero-order valence-corrected chi connectivity index (χ0v) is 8.62. The van der Waals surface area contributed by atoms with Gasteiger partial charge in [-0.25, -0.2) is 4.98 Å². The van der Waals surface area contributed by atoms with Crippen LogP contribution in [0.4, 0.5) is 0 Å². The van der Waals surface area contributed by atoms with Gasteiger partial charge in [0, 0.05) is 20.0 Å². The normalized spacial score (nSPS) is 18.8. The maximum Gasteiger partial charge on any atom is 0.191 e. The molecule has 0 bridgehead atoms. The topological polar surface area (TPSA) is 29.3 Å². The number of piperidine rings is 1. The summed E-state index contributed by atoms with van der Waals surface area (Å²) in [6.45, 7) is 8.93. The fourth-order valence-corrected chi connectivity index (χ4v) is 1.87. The Morgan fingerprint density at radius 2 is 2.50 bits per heavy atom. The molecule has 0 saturated carbocycles. The molecule has 1 aliphatic heterocycles. The van der Waals surface area contributed by atoms with Crippen LogP contribution in [0.25, 0.3) is 0 Å². The highest BCUT2D eigenvalue weighted by molar-refractivity contribution is 5.03. The van der Waals surface area contributed by atoms with Gasteiger partial charge in [0.05, 0.1) is 5.69 Å². The van der Waals surface area contributed by atoms with Gasteiger partial charge < -0.3 is 4.42 Å². The third-order valence-corrected chi connectivity index (χ3v) is 2.50. The van der Waals surface area contributed by atoms with E-state index >= 15 is 0 Å². The molecule has 0 spiro atoms. The van der Waals surface area contributed by atoms with Gasteiger partial charge in [-0.05, 0) is 19.4 Å². The van der Waals surface area contributed by atoms with E-state index in [0.29, 0.717) is 0 Å². The molecule has 0 unspecified atom stereocenters. The number of rotatable bonds is 2. The van der Waals surface area contributed by atoms with E-state index in [1.54, 1.807) is 6.26 Å². The molecular formula is C11H16N2O. The Morgan fingerprint density at radius 1 is 1.64 bits per heavy atom. The average molecular weight is 192 g/mol. The molecule has 1 saturated heterocycles. The van der Waals surface area contributed by atoms with Gasteiger partial charge in [0.2, 0.25) is 0 Å². The summed E-state index contributed by atoms with van der Waals surface area (Å²) >= 11 is 0. The third-order valence-electron chi connectivity index (χ3n) is 2.50. The van der Waals surface area contributed by atoms with Gasteiger partial charge in [-0.1, -0.05) is 12.2 Å². The van der Waals surface area contributed by atoms with Gasteiger partial charge in [0.1, 0.15) is 6.26 Å². The van der Waals surface area contributed by atoms with E-state index in [2.05, 4.69) is 16.5 Å². The second kappa shape index (κ2) is 3.96. The van der Waals surface area contributed by atoms with Gasteiger partial charge in [-0.2, -0.15) is 0 Å². The van der Waals surface area contributed by atoms with E-state index in [-0.39, 0.29) is 0 Å². The lowest BCUT2D eigenvalue weighted by molar-refractivity contribution is 0.255. The average Bonchev–Trinajstić information content (AvgIpc) is 2.51. The van der Waals surface area contributed by atoms with Crippen molar-refractivity contribution in [3.63, 3.8) is 0 Å². The zero-order valence-electron chi connectivity index (χ0n) is 8.62. The number of nitrogens with zero attached hydrogens (tertiary/aromatic N) is 2. The molecule has 0 N–H and O–H groups in total. The maximum atomic E-state index is 5.17.